The van der Waals surface area contributed by atoms with E-state index < -0.39 is 0 Å². The Hall–Kier alpha value is -1.57. The molecule has 1 aromatic carbocycles. The lowest BCUT2D eigenvalue weighted by Gasteiger charge is -2.04. The van der Waals surface area contributed by atoms with Gasteiger partial charge in [0.15, 0.2) is 5.82 Å². The van der Waals surface area contributed by atoms with Crippen LogP contribution < -0.4 is 5.32 Å². The van der Waals surface area contributed by atoms with Gasteiger partial charge in [-0.15, -0.1) is 5.10 Å². The Bertz CT molecular complexity index is 658. The van der Waals surface area contributed by atoms with Gasteiger partial charge in [0.1, 0.15) is 6.10 Å². The molecule has 1 aliphatic heterocycles. The molecule has 2 aromatic rings. The number of halogens is 1. The van der Waals surface area contributed by atoms with Crippen molar-refractivity contribution in [3.05, 3.63) is 35.1 Å². The first-order valence-corrected chi connectivity index (χ1v) is 8.29. The van der Waals surface area contributed by atoms with E-state index in [-0.39, 0.29) is 17.8 Å². The Morgan fingerprint density at radius 3 is 3.23 bits per heavy atom. The Morgan fingerprint density at radius 1 is 1.55 bits per heavy atom. The normalized spacial score (nSPS) is 17.6. The summed E-state index contributed by atoms with van der Waals surface area (Å²) < 4.78 is 5.53. The highest BCUT2D eigenvalue weighted by Crippen LogP contribution is 2.27. The molecule has 1 atom stereocenters. The lowest BCUT2D eigenvalue weighted by atomic mass is 10.2. The molecule has 0 aliphatic carbocycles. The molecule has 0 radical (unpaired) electrons. The number of nitrogens with one attached hydrogen (secondary N) is 2. The van der Waals surface area contributed by atoms with Crippen molar-refractivity contribution in [3.63, 3.8) is 0 Å². The van der Waals surface area contributed by atoms with Crippen LogP contribution in [0.4, 0.5) is 5.69 Å². The first-order valence-electron chi connectivity index (χ1n) is 6.93. The number of aromatic amines is 1. The van der Waals surface area contributed by atoms with Gasteiger partial charge in [0.05, 0.1) is 5.75 Å². The van der Waals surface area contributed by atoms with Gasteiger partial charge in [-0.25, -0.2) is 4.98 Å². The number of nitrogens with zero attached hydrogens (tertiary/aromatic N) is 2. The molecule has 1 aromatic heterocycles. The molecule has 2 heterocycles. The summed E-state index contributed by atoms with van der Waals surface area (Å²) in [4.78, 5) is 16.3. The molecule has 22 heavy (non-hydrogen) atoms. The zero-order valence-corrected chi connectivity index (χ0v) is 13.3. The van der Waals surface area contributed by atoms with Gasteiger partial charge in [-0.3, -0.25) is 9.89 Å². The number of H-pyrrole nitrogens is 1. The van der Waals surface area contributed by atoms with Gasteiger partial charge in [0.25, 0.3) is 0 Å². The number of thioether (sulfide) groups is 1. The summed E-state index contributed by atoms with van der Waals surface area (Å²) in [5, 5.41) is 10.9. The van der Waals surface area contributed by atoms with Crippen molar-refractivity contribution >= 4 is 35.0 Å². The van der Waals surface area contributed by atoms with E-state index in [9.17, 15) is 4.79 Å². The summed E-state index contributed by atoms with van der Waals surface area (Å²) in [6.07, 6.45) is 1.99. The second-order valence-electron chi connectivity index (χ2n) is 4.85. The van der Waals surface area contributed by atoms with Crippen LogP contribution in [-0.2, 0) is 9.53 Å². The van der Waals surface area contributed by atoms with Gasteiger partial charge >= 0.3 is 0 Å². The van der Waals surface area contributed by atoms with Gasteiger partial charge < -0.3 is 10.1 Å². The molecular formula is C14H15ClN4O2S. The number of anilines is 1. The topological polar surface area (TPSA) is 79.9 Å². The molecule has 0 bridgehead atoms. The van der Waals surface area contributed by atoms with Crippen molar-refractivity contribution < 1.29 is 9.53 Å². The molecule has 1 amide bonds. The molecule has 0 spiro atoms. The average molecular weight is 339 g/mol. The molecule has 1 fully saturated rings. The third-order valence-corrected chi connectivity index (χ3v) is 4.24. The lowest BCUT2D eigenvalue weighted by molar-refractivity contribution is -0.113. The van der Waals surface area contributed by atoms with Crippen LogP contribution in [-0.4, -0.2) is 33.4 Å². The number of benzene rings is 1. The Labute approximate surface area is 137 Å². The summed E-state index contributed by atoms with van der Waals surface area (Å²) >= 11 is 7.15. The highest BCUT2D eigenvalue weighted by atomic mass is 35.5. The van der Waals surface area contributed by atoms with Crippen LogP contribution in [0.3, 0.4) is 0 Å². The van der Waals surface area contributed by atoms with Gasteiger partial charge in [-0.05, 0) is 31.0 Å². The molecule has 1 unspecified atom stereocenters. The monoisotopic (exact) mass is 338 g/mol. The Kier molecular flexibility index (Phi) is 4.97. The van der Waals surface area contributed by atoms with Crippen molar-refractivity contribution in [1.82, 2.24) is 15.2 Å². The van der Waals surface area contributed by atoms with Crippen molar-refractivity contribution in [3.8, 4) is 0 Å². The fourth-order valence-electron chi connectivity index (χ4n) is 2.15. The number of hydrogen-bond donors (Lipinski definition) is 2. The quantitative estimate of drug-likeness (QED) is 0.819. The maximum Gasteiger partial charge on any atom is 0.234 e. The third-order valence-electron chi connectivity index (χ3n) is 3.16. The zero-order chi connectivity index (χ0) is 15.4. The lowest BCUT2D eigenvalue weighted by Crippen LogP contribution is -2.14. The van der Waals surface area contributed by atoms with E-state index in [1.807, 2.05) is 0 Å². The van der Waals surface area contributed by atoms with Crippen LogP contribution in [0.1, 0.15) is 24.8 Å². The molecule has 1 saturated heterocycles. The van der Waals surface area contributed by atoms with Crippen LogP contribution in [0.5, 0.6) is 0 Å². The van der Waals surface area contributed by atoms with Crippen molar-refractivity contribution in [1.29, 1.82) is 0 Å². The first kappa shape index (κ1) is 15.3. The minimum Gasteiger partial charge on any atom is -0.370 e. The van der Waals surface area contributed by atoms with Crippen LogP contribution in [0.2, 0.25) is 5.02 Å². The van der Waals surface area contributed by atoms with Crippen LogP contribution >= 0.6 is 23.4 Å². The Morgan fingerprint density at radius 2 is 2.45 bits per heavy atom. The van der Waals surface area contributed by atoms with Gasteiger partial charge in [0.2, 0.25) is 11.1 Å². The first-order chi connectivity index (χ1) is 10.7. The van der Waals surface area contributed by atoms with E-state index in [1.165, 1.54) is 11.8 Å². The number of hydrogen-bond acceptors (Lipinski definition) is 5. The van der Waals surface area contributed by atoms with Crippen LogP contribution in [0.25, 0.3) is 0 Å². The van der Waals surface area contributed by atoms with E-state index in [1.54, 1.807) is 24.3 Å². The molecule has 2 N–H and O–H groups in total. The number of carbonyl (C=O) groups excluding carboxylic acids is 1. The highest BCUT2D eigenvalue weighted by molar-refractivity contribution is 7.99. The van der Waals surface area contributed by atoms with E-state index in [4.69, 9.17) is 16.3 Å². The fraction of sp³-hybridized carbons (Fsp3) is 0.357. The average Bonchev–Trinajstić information content (AvgIpc) is 3.16. The number of amides is 1. The minimum absolute atomic E-state index is 0.00198. The number of carbonyl (C=O) groups is 1. The van der Waals surface area contributed by atoms with Crippen LogP contribution in [0, 0.1) is 0 Å². The maximum absolute atomic E-state index is 11.9. The molecule has 3 rings (SSSR count). The highest BCUT2D eigenvalue weighted by Gasteiger charge is 2.21. The van der Waals surface area contributed by atoms with Gasteiger partial charge in [-0.1, -0.05) is 29.4 Å². The smallest absolute Gasteiger partial charge is 0.234 e. The SMILES string of the molecule is O=C(CSc1n[nH]c(C2CCCO2)n1)Nc1cccc(Cl)c1. The van der Waals surface area contributed by atoms with Gasteiger partial charge in [0, 0.05) is 17.3 Å². The van der Waals surface area contributed by atoms with Crippen LogP contribution in [0.15, 0.2) is 29.4 Å². The summed E-state index contributed by atoms with van der Waals surface area (Å²) in [7, 11) is 0. The molecule has 0 saturated carbocycles. The summed E-state index contributed by atoms with van der Waals surface area (Å²) in [5.74, 6) is 0.834. The van der Waals surface area contributed by atoms with E-state index >= 15 is 0 Å². The molecular weight excluding hydrogens is 324 g/mol. The Balaban J connectivity index is 1.50. The molecule has 116 valence electrons. The summed E-state index contributed by atoms with van der Waals surface area (Å²) in [6, 6.07) is 7.03. The predicted molar refractivity (Wildman–Crippen MR) is 85.1 cm³/mol. The standard InChI is InChI=1S/C14H15ClN4O2S/c15-9-3-1-4-10(7-9)16-12(20)8-22-14-17-13(18-19-14)11-5-2-6-21-11/h1,3-4,7,11H,2,5-6,8H2,(H,16,20)(H,17,18,19). The summed E-state index contributed by atoms with van der Waals surface area (Å²) in [6.45, 7) is 0.760. The second-order valence-corrected chi connectivity index (χ2v) is 6.23. The fourth-order valence-corrected chi connectivity index (χ4v) is 2.95. The number of ether oxygens (including phenoxy) is 1. The summed E-state index contributed by atoms with van der Waals surface area (Å²) in [5.41, 5.74) is 0.674. The largest absolute Gasteiger partial charge is 0.370 e. The van der Waals surface area contributed by atoms with E-state index in [2.05, 4.69) is 20.5 Å². The van der Waals surface area contributed by atoms with Crippen molar-refractivity contribution in [2.75, 3.05) is 17.7 Å². The molecule has 8 heteroatoms. The van der Waals surface area contributed by atoms with Crippen molar-refractivity contribution in [2.45, 2.75) is 24.1 Å². The predicted octanol–water partition coefficient (Wildman–Crippen LogP) is 3.04. The number of aromatic nitrogens is 3. The minimum atomic E-state index is -0.129. The third kappa shape index (κ3) is 4.00. The maximum atomic E-state index is 11.9. The van der Waals surface area contributed by atoms with E-state index in [0.29, 0.717) is 15.9 Å². The van der Waals surface area contributed by atoms with E-state index in [0.717, 1.165) is 25.3 Å². The number of rotatable bonds is 5. The zero-order valence-electron chi connectivity index (χ0n) is 11.7. The molecule has 6 nitrogen and oxygen atoms in total. The second kappa shape index (κ2) is 7.13. The van der Waals surface area contributed by atoms with Gasteiger partial charge in [-0.2, -0.15) is 0 Å². The van der Waals surface area contributed by atoms with Crippen molar-refractivity contribution in [2.24, 2.45) is 0 Å². The molecule has 1 aliphatic rings.